The van der Waals surface area contributed by atoms with E-state index < -0.39 is 6.23 Å². The van der Waals surface area contributed by atoms with Gasteiger partial charge in [-0.25, -0.2) is 0 Å². The minimum atomic E-state index is -0.616. The molecule has 1 atom stereocenters. The minimum Gasteiger partial charge on any atom is -0.379 e. The molecule has 0 bridgehead atoms. The van der Waals surface area contributed by atoms with Crippen molar-refractivity contribution in [2.24, 2.45) is 11.5 Å². The summed E-state index contributed by atoms with van der Waals surface area (Å²) in [6, 6.07) is 0. The lowest BCUT2D eigenvalue weighted by molar-refractivity contribution is 0.178. The van der Waals surface area contributed by atoms with Crippen LogP contribution in [-0.2, 0) is 0 Å². The van der Waals surface area contributed by atoms with E-state index >= 15 is 0 Å². The molecule has 0 fully saturated rings. The van der Waals surface area contributed by atoms with Gasteiger partial charge in [0.15, 0.2) is 0 Å². The Morgan fingerprint density at radius 2 is 1.67 bits per heavy atom. The largest absolute Gasteiger partial charge is 0.379 e. The maximum Gasteiger partial charge on any atom is 0.102 e. The third-order valence-corrected chi connectivity index (χ3v) is 0.707. The molecule has 0 amide bonds. The van der Waals surface area contributed by atoms with Crippen LogP contribution in [0.3, 0.4) is 0 Å². The first kappa shape index (κ1) is 11.6. The van der Waals surface area contributed by atoms with Crippen LogP contribution in [0.5, 0.6) is 0 Å². The van der Waals surface area contributed by atoms with Gasteiger partial charge in [-0.15, -0.1) is 0 Å². The van der Waals surface area contributed by atoms with Gasteiger partial charge >= 0.3 is 0 Å². The molecular weight excluding hydrogens is 116 g/mol. The number of aliphatic hydroxyl groups is 1. The molecule has 9 heavy (non-hydrogen) atoms. The van der Waals surface area contributed by atoms with E-state index in [1.807, 2.05) is 6.92 Å². The summed E-state index contributed by atoms with van der Waals surface area (Å²) in [4.78, 5) is 0. The summed E-state index contributed by atoms with van der Waals surface area (Å²) in [7, 11) is 0. The van der Waals surface area contributed by atoms with Gasteiger partial charge in [-0.3, -0.25) is 0 Å². The summed E-state index contributed by atoms with van der Waals surface area (Å²) in [5.74, 6) is 0. The second-order valence-corrected chi connectivity index (χ2v) is 1.76. The number of rotatable bonds is 2. The van der Waals surface area contributed by atoms with Crippen molar-refractivity contribution in [3.05, 3.63) is 0 Å². The molecule has 0 radical (unpaired) electrons. The zero-order valence-electron chi connectivity index (χ0n) is 6.30. The van der Waals surface area contributed by atoms with Gasteiger partial charge in [-0.05, 0) is 19.4 Å². The van der Waals surface area contributed by atoms with Crippen LogP contribution in [0.25, 0.3) is 0 Å². The average Bonchev–Trinajstić information content (AvgIpc) is 1.89. The molecule has 0 aliphatic rings. The van der Waals surface area contributed by atoms with E-state index in [-0.39, 0.29) is 0 Å². The first-order chi connectivity index (χ1) is 4.18. The smallest absolute Gasteiger partial charge is 0.102 e. The molecule has 0 aromatic rings. The van der Waals surface area contributed by atoms with Crippen LogP contribution in [0, 0.1) is 0 Å². The first-order valence-electron chi connectivity index (χ1n) is 3.32. The van der Waals surface area contributed by atoms with E-state index in [1.54, 1.807) is 0 Å². The molecule has 0 saturated heterocycles. The van der Waals surface area contributed by atoms with Crippen LogP contribution >= 0.6 is 0 Å². The molecule has 0 spiro atoms. The Bertz CT molecular complexity index is 38.0. The Balaban J connectivity index is 0. The Kier molecular flexibility index (Phi) is 14.0. The quantitative estimate of drug-likeness (QED) is 0.466. The Morgan fingerprint density at radius 1 is 1.44 bits per heavy atom. The van der Waals surface area contributed by atoms with Crippen molar-refractivity contribution in [1.82, 2.24) is 0 Å². The molecule has 5 N–H and O–H groups in total. The highest BCUT2D eigenvalue weighted by Gasteiger charge is 1.81. The lowest BCUT2D eigenvalue weighted by Gasteiger charge is -1.91. The first-order valence-corrected chi connectivity index (χ1v) is 3.32. The van der Waals surface area contributed by atoms with E-state index in [0.29, 0.717) is 6.42 Å². The van der Waals surface area contributed by atoms with Crippen LogP contribution in [0.1, 0.15) is 26.7 Å². The monoisotopic (exact) mass is 134 g/mol. The topological polar surface area (TPSA) is 72.3 Å². The molecule has 0 aliphatic heterocycles. The maximum atomic E-state index is 8.14. The molecule has 0 aromatic heterocycles. The molecular formula is C6H18N2O. The summed E-state index contributed by atoms with van der Waals surface area (Å²) in [6.07, 6.45) is 1.12. The fourth-order valence-corrected chi connectivity index (χ4v) is 0. The summed E-state index contributed by atoms with van der Waals surface area (Å²) < 4.78 is 0. The summed E-state index contributed by atoms with van der Waals surface area (Å²) in [6.45, 7) is 4.70. The number of hydrogen-bond acceptors (Lipinski definition) is 3. The van der Waals surface area contributed by atoms with Gasteiger partial charge in [0.2, 0.25) is 0 Å². The van der Waals surface area contributed by atoms with Gasteiger partial charge in [-0.2, -0.15) is 0 Å². The highest BCUT2D eigenvalue weighted by atomic mass is 16.3. The maximum absolute atomic E-state index is 8.14. The van der Waals surface area contributed by atoms with E-state index in [4.69, 9.17) is 16.6 Å². The van der Waals surface area contributed by atoms with Crippen molar-refractivity contribution in [2.75, 3.05) is 6.54 Å². The van der Waals surface area contributed by atoms with Gasteiger partial charge in [0, 0.05) is 0 Å². The third kappa shape index (κ3) is 32.8. The zero-order valence-corrected chi connectivity index (χ0v) is 6.30. The van der Waals surface area contributed by atoms with Crippen molar-refractivity contribution in [3.8, 4) is 0 Å². The molecule has 0 heterocycles. The van der Waals surface area contributed by atoms with Crippen molar-refractivity contribution in [3.63, 3.8) is 0 Å². The fraction of sp³-hybridized carbons (Fsp3) is 1.00. The second-order valence-electron chi connectivity index (χ2n) is 1.76. The van der Waals surface area contributed by atoms with E-state index in [0.717, 1.165) is 13.0 Å². The van der Waals surface area contributed by atoms with Crippen LogP contribution in [0.15, 0.2) is 0 Å². The highest BCUT2D eigenvalue weighted by Crippen LogP contribution is 1.72. The van der Waals surface area contributed by atoms with Crippen LogP contribution in [0.2, 0.25) is 0 Å². The molecule has 0 aromatic carbocycles. The molecule has 0 aliphatic carbocycles. The molecule has 58 valence electrons. The molecule has 0 rings (SSSR count). The molecule has 3 nitrogen and oxygen atoms in total. The average molecular weight is 134 g/mol. The minimum absolute atomic E-state index is 0.616. The third-order valence-electron chi connectivity index (χ3n) is 0.707. The highest BCUT2D eigenvalue weighted by molar-refractivity contribution is 4.31. The molecule has 3 heteroatoms. The lowest BCUT2D eigenvalue weighted by atomic mass is 10.5. The van der Waals surface area contributed by atoms with Crippen LogP contribution in [-0.4, -0.2) is 17.9 Å². The number of aliphatic hydroxyl groups excluding tert-OH is 1. The summed E-state index contributed by atoms with van der Waals surface area (Å²) >= 11 is 0. The summed E-state index contributed by atoms with van der Waals surface area (Å²) in [5.41, 5.74) is 9.88. The van der Waals surface area contributed by atoms with Crippen molar-refractivity contribution < 1.29 is 5.11 Å². The lowest BCUT2D eigenvalue weighted by Crippen LogP contribution is -2.16. The van der Waals surface area contributed by atoms with Crippen LogP contribution in [0.4, 0.5) is 0 Å². The van der Waals surface area contributed by atoms with E-state index in [9.17, 15) is 0 Å². The van der Waals surface area contributed by atoms with E-state index in [2.05, 4.69) is 6.92 Å². The van der Waals surface area contributed by atoms with Crippen molar-refractivity contribution in [1.29, 1.82) is 0 Å². The van der Waals surface area contributed by atoms with Gasteiger partial charge in [0.05, 0.1) is 0 Å². The predicted molar refractivity (Wildman–Crippen MR) is 39.8 cm³/mol. The van der Waals surface area contributed by atoms with Crippen LogP contribution < -0.4 is 11.5 Å². The Morgan fingerprint density at radius 3 is 1.67 bits per heavy atom. The number of hydrogen-bond donors (Lipinski definition) is 3. The van der Waals surface area contributed by atoms with Crippen molar-refractivity contribution in [2.45, 2.75) is 32.9 Å². The number of nitrogens with two attached hydrogens (primary N) is 2. The summed E-state index contributed by atoms with van der Waals surface area (Å²) in [5, 5.41) is 8.14. The van der Waals surface area contributed by atoms with Crippen molar-refractivity contribution >= 4 is 0 Å². The SMILES string of the molecule is CCC(N)O.CCCN. The Hall–Kier alpha value is -0.120. The molecule has 1 unspecified atom stereocenters. The standard InChI is InChI=1S/C3H9NO.C3H9N/c1-2-3(4)5;1-2-3-4/h3,5H,2,4H2,1H3;2-4H2,1H3. The predicted octanol–water partition coefficient (Wildman–Crippen LogP) is 0.0286. The Labute approximate surface area is 57.0 Å². The normalized spacial score (nSPS) is 11.7. The second kappa shape index (κ2) is 10.8. The van der Waals surface area contributed by atoms with Gasteiger partial charge < -0.3 is 16.6 Å². The zero-order chi connectivity index (χ0) is 7.70. The van der Waals surface area contributed by atoms with Gasteiger partial charge in [0.1, 0.15) is 6.23 Å². The van der Waals surface area contributed by atoms with Gasteiger partial charge in [0.25, 0.3) is 0 Å². The fourth-order valence-electron chi connectivity index (χ4n) is 0. The molecule has 0 saturated carbocycles. The van der Waals surface area contributed by atoms with Gasteiger partial charge in [-0.1, -0.05) is 13.8 Å². The van der Waals surface area contributed by atoms with E-state index in [1.165, 1.54) is 0 Å².